The predicted octanol–water partition coefficient (Wildman–Crippen LogP) is 1.29. The summed E-state index contributed by atoms with van der Waals surface area (Å²) in [6.45, 7) is 2.75. The number of hydrogen-bond donors (Lipinski definition) is 1. The van der Waals surface area contributed by atoms with E-state index in [0.29, 0.717) is 12.1 Å². The van der Waals surface area contributed by atoms with Crippen LogP contribution >= 0.6 is 0 Å². The molecule has 1 N–H and O–H groups in total. The molecule has 0 aliphatic carbocycles. The van der Waals surface area contributed by atoms with Crippen LogP contribution in [0.4, 0.5) is 0 Å². The molecule has 0 heterocycles. The molecule has 1 aromatic rings. The lowest BCUT2D eigenvalue weighted by Gasteiger charge is -2.22. The highest BCUT2D eigenvalue weighted by molar-refractivity contribution is 5.89. The van der Waals surface area contributed by atoms with Gasteiger partial charge in [0.05, 0.1) is 19.3 Å². The molecule has 0 aromatic heterocycles. The number of aliphatic hydroxyl groups excluding tert-OH is 1. The van der Waals surface area contributed by atoms with Crippen molar-refractivity contribution < 1.29 is 14.6 Å². The van der Waals surface area contributed by atoms with Crippen LogP contribution in [0.15, 0.2) is 24.3 Å². The summed E-state index contributed by atoms with van der Waals surface area (Å²) in [5, 5.41) is 9.05. The van der Waals surface area contributed by atoms with Crippen molar-refractivity contribution in [2.45, 2.75) is 19.5 Å². The van der Waals surface area contributed by atoms with Crippen LogP contribution in [0.1, 0.15) is 22.8 Å². The van der Waals surface area contributed by atoms with E-state index in [9.17, 15) is 4.79 Å². The Labute approximate surface area is 102 Å². The second kappa shape index (κ2) is 6.37. The Bertz CT molecular complexity index is 379. The molecule has 4 nitrogen and oxygen atoms in total. The van der Waals surface area contributed by atoms with E-state index in [0.717, 1.165) is 5.56 Å². The van der Waals surface area contributed by atoms with E-state index in [-0.39, 0.29) is 18.6 Å². The minimum Gasteiger partial charge on any atom is -0.465 e. The highest BCUT2D eigenvalue weighted by Crippen LogP contribution is 2.10. The van der Waals surface area contributed by atoms with Gasteiger partial charge in [0.25, 0.3) is 0 Å². The molecule has 94 valence electrons. The van der Waals surface area contributed by atoms with Crippen LogP contribution in [-0.2, 0) is 11.3 Å². The van der Waals surface area contributed by atoms with Gasteiger partial charge in [0.15, 0.2) is 0 Å². The first kappa shape index (κ1) is 13.7. The first-order chi connectivity index (χ1) is 8.08. The van der Waals surface area contributed by atoms with E-state index >= 15 is 0 Å². The summed E-state index contributed by atoms with van der Waals surface area (Å²) < 4.78 is 4.67. The molecule has 0 saturated carbocycles. The van der Waals surface area contributed by atoms with Crippen LogP contribution in [0, 0.1) is 0 Å². The maximum absolute atomic E-state index is 11.4. The molecule has 0 aliphatic heterocycles. The van der Waals surface area contributed by atoms with Gasteiger partial charge in [-0.25, -0.2) is 4.79 Å². The zero-order chi connectivity index (χ0) is 12.8. The molecule has 0 amide bonds. The molecule has 0 spiro atoms. The number of esters is 1. The number of ether oxygens (including phenoxy) is 1. The molecule has 1 unspecified atom stereocenters. The van der Waals surface area contributed by atoms with E-state index in [2.05, 4.69) is 4.74 Å². The number of carbonyl (C=O) groups excluding carboxylic acids is 1. The van der Waals surface area contributed by atoms with Gasteiger partial charge >= 0.3 is 5.97 Å². The monoisotopic (exact) mass is 237 g/mol. The molecule has 17 heavy (non-hydrogen) atoms. The van der Waals surface area contributed by atoms with Gasteiger partial charge in [0.1, 0.15) is 0 Å². The Morgan fingerprint density at radius 3 is 2.82 bits per heavy atom. The number of aliphatic hydroxyl groups is 1. The van der Waals surface area contributed by atoms with Gasteiger partial charge in [-0.2, -0.15) is 0 Å². The van der Waals surface area contributed by atoms with Gasteiger partial charge in [-0.05, 0) is 31.7 Å². The van der Waals surface area contributed by atoms with Crippen molar-refractivity contribution in [1.82, 2.24) is 4.90 Å². The zero-order valence-electron chi connectivity index (χ0n) is 10.5. The highest BCUT2D eigenvalue weighted by atomic mass is 16.5. The van der Waals surface area contributed by atoms with Crippen molar-refractivity contribution in [1.29, 1.82) is 0 Å². The molecule has 1 atom stereocenters. The number of hydrogen-bond acceptors (Lipinski definition) is 4. The summed E-state index contributed by atoms with van der Waals surface area (Å²) >= 11 is 0. The van der Waals surface area contributed by atoms with Crippen LogP contribution in [0.2, 0.25) is 0 Å². The van der Waals surface area contributed by atoms with Gasteiger partial charge in [-0.3, -0.25) is 4.90 Å². The van der Waals surface area contributed by atoms with Crippen molar-refractivity contribution in [2.24, 2.45) is 0 Å². The van der Waals surface area contributed by atoms with Crippen LogP contribution in [-0.4, -0.2) is 42.8 Å². The summed E-state index contributed by atoms with van der Waals surface area (Å²) in [6.07, 6.45) is 0. The number of benzene rings is 1. The second-order valence-electron chi connectivity index (χ2n) is 4.14. The molecular formula is C13H19NO3. The summed E-state index contributed by atoms with van der Waals surface area (Å²) in [5.74, 6) is -0.329. The van der Waals surface area contributed by atoms with Crippen molar-refractivity contribution in [3.63, 3.8) is 0 Å². The minimum atomic E-state index is -0.329. The van der Waals surface area contributed by atoms with Gasteiger partial charge in [-0.15, -0.1) is 0 Å². The van der Waals surface area contributed by atoms with Crippen molar-refractivity contribution >= 4 is 5.97 Å². The molecule has 4 heteroatoms. The molecule has 0 bridgehead atoms. The lowest BCUT2D eigenvalue weighted by atomic mass is 10.1. The van der Waals surface area contributed by atoms with E-state index in [1.165, 1.54) is 7.11 Å². The third-order valence-electron chi connectivity index (χ3n) is 2.80. The summed E-state index contributed by atoms with van der Waals surface area (Å²) in [6, 6.07) is 7.42. The average molecular weight is 237 g/mol. The molecule has 0 fully saturated rings. The van der Waals surface area contributed by atoms with Crippen LogP contribution < -0.4 is 0 Å². The fourth-order valence-corrected chi connectivity index (χ4v) is 1.50. The number of rotatable bonds is 5. The first-order valence-electron chi connectivity index (χ1n) is 5.56. The van der Waals surface area contributed by atoms with Gasteiger partial charge < -0.3 is 9.84 Å². The van der Waals surface area contributed by atoms with Crippen LogP contribution in [0.3, 0.4) is 0 Å². The third-order valence-corrected chi connectivity index (χ3v) is 2.80. The smallest absolute Gasteiger partial charge is 0.337 e. The predicted molar refractivity (Wildman–Crippen MR) is 65.8 cm³/mol. The Hall–Kier alpha value is -1.39. The maximum Gasteiger partial charge on any atom is 0.337 e. The number of nitrogens with zero attached hydrogens (tertiary/aromatic N) is 1. The summed E-state index contributed by atoms with van der Waals surface area (Å²) in [7, 11) is 3.31. The highest BCUT2D eigenvalue weighted by Gasteiger charge is 2.10. The van der Waals surface area contributed by atoms with Crippen LogP contribution in [0.5, 0.6) is 0 Å². The second-order valence-corrected chi connectivity index (χ2v) is 4.14. The Morgan fingerprint density at radius 2 is 2.24 bits per heavy atom. The number of carbonyl (C=O) groups is 1. The SMILES string of the molecule is COC(=O)c1cccc(CN(C)C(C)CO)c1. The number of likely N-dealkylation sites (N-methyl/N-ethyl adjacent to an activating group) is 1. The van der Waals surface area contributed by atoms with Gasteiger partial charge in [0.2, 0.25) is 0 Å². The summed E-state index contributed by atoms with van der Waals surface area (Å²) in [4.78, 5) is 13.4. The van der Waals surface area contributed by atoms with Gasteiger partial charge in [-0.1, -0.05) is 12.1 Å². The molecule has 0 saturated heterocycles. The quantitative estimate of drug-likeness (QED) is 0.784. The fourth-order valence-electron chi connectivity index (χ4n) is 1.50. The fraction of sp³-hybridized carbons (Fsp3) is 0.462. The largest absolute Gasteiger partial charge is 0.465 e. The van der Waals surface area contributed by atoms with E-state index < -0.39 is 0 Å². The maximum atomic E-state index is 11.4. The normalized spacial score (nSPS) is 12.5. The van der Waals surface area contributed by atoms with E-state index in [1.54, 1.807) is 6.07 Å². The zero-order valence-corrected chi connectivity index (χ0v) is 10.5. The van der Waals surface area contributed by atoms with Crippen molar-refractivity contribution in [3.05, 3.63) is 35.4 Å². The van der Waals surface area contributed by atoms with Crippen molar-refractivity contribution in [3.8, 4) is 0 Å². The Balaban J connectivity index is 2.75. The third kappa shape index (κ3) is 3.84. The molecule has 1 aromatic carbocycles. The lowest BCUT2D eigenvalue weighted by molar-refractivity contribution is 0.0600. The van der Waals surface area contributed by atoms with E-state index in [1.807, 2.05) is 37.1 Å². The summed E-state index contributed by atoms with van der Waals surface area (Å²) in [5.41, 5.74) is 1.57. The molecular weight excluding hydrogens is 218 g/mol. The molecule has 0 aliphatic rings. The number of methoxy groups -OCH3 is 1. The Kier molecular flexibility index (Phi) is 5.12. The average Bonchev–Trinajstić information content (AvgIpc) is 2.37. The van der Waals surface area contributed by atoms with Gasteiger partial charge in [0, 0.05) is 12.6 Å². The minimum absolute atomic E-state index is 0.0942. The molecule has 1 rings (SSSR count). The standard InChI is InChI=1S/C13H19NO3/c1-10(9-15)14(2)8-11-5-4-6-12(7-11)13(16)17-3/h4-7,10,15H,8-9H2,1-3H3. The van der Waals surface area contributed by atoms with Crippen LogP contribution in [0.25, 0.3) is 0 Å². The Morgan fingerprint density at radius 1 is 1.53 bits per heavy atom. The van der Waals surface area contributed by atoms with E-state index in [4.69, 9.17) is 5.11 Å². The van der Waals surface area contributed by atoms with Crippen molar-refractivity contribution in [2.75, 3.05) is 20.8 Å². The topological polar surface area (TPSA) is 49.8 Å². The first-order valence-corrected chi connectivity index (χ1v) is 5.56. The molecule has 0 radical (unpaired) electrons. The lowest BCUT2D eigenvalue weighted by Crippen LogP contribution is -2.31.